The third kappa shape index (κ3) is 2.37. The quantitative estimate of drug-likeness (QED) is 0.468. The van der Waals surface area contributed by atoms with Crippen LogP contribution in [0.2, 0.25) is 0 Å². The van der Waals surface area contributed by atoms with Gasteiger partial charge in [0.15, 0.2) is 10.3 Å². The zero-order valence-corrected chi connectivity index (χ0v) is 8.37. The minimum atomic E-state index is -0.0198. The van der Waals surface area contributed by atoms with Crippen molar-refractivity contribution in [1.82, 2.24) is 0 Å². The molecule has 0 aromatic heterocycles. The van der Waals surface area contributed by atoms with E-state index in [9.17, 15) is 0 Å². The summed E-state index contributed by atoms with van der Waals surface area (Å²) in [5, 5.41) is 22.4. The average Bonchev–Trinajstić information content (AvgIpc) is 2.27. The molecule has 1 aromatic carbocycles. The molecule has 0 aliphatic heterocycles. The summed E-state index contributed by atoms with van der Waals surface area (Å²) < 4.78 is 0. The highest BCUT2D eigenvalue weighted by Crippen LogP contribution is 2.10. The van der Waals surface area contributed by atoms with Crippen LogP contribution in [-0.2, 0) is 0 Å². The largest absolute Gasteiger partial charge is 0.410 e. The molecular weight excluding hydrogens is 227 g/mol. The summed E-state index contributed by atoms with van der Waals surface area (Å²) in [6.45, 7) is 0. The molecule has 0 aliphatic carbocycles. The first-order chi connectivity index (χ1) is 6.69. The number of benzene rings is 1. The molecule has 14 heavy (non-hydrogen) atoms. The minimum Gasteiger partial charge on any atom is -0.410 e. The standard InChI is InChI=1S/C8H6Cl2N2O2/c9-7(11-13)5-1-2-6(4-3-5)8(10)12-14/h1-4,13-14H. The van der Waals surface area contributed by atoms with E-state index in [1.54, 1.807) is 24.3 Å². The number of hydrogen-bond donors (Lipinski definition) is 2. The first kappa shape index (κ1) is 10.8. The maximum atomic E-state index is 8.38. The summed E-state index contributed by atoms with van der Waals surface area (Å²) >= 11 is 11.1. The molecule has 0 amide bonds. The first-order valence-electron chi connectivity index (χ1n) is 3.55. The lowest BCUT2D eigenvalue weighted by molar-refractivity contribution is 0.320. The highest BCUT2D eigenvalue weighted by atomic mass is 35.5. The topological polar surface area (TPSA) is 65.2 Å². The molecule has 0 saturated carbocycles. The first-order valence-corrected chi connectivity index (χ1v) is 4.30. The van der Waals surface area contributed by atoms with Crippen molar-refractivity contribution in [2.75, 3.05) is 0 Å². The predicted octanol–water partition coefficient (Wildman–Crippen LogP) is 2.44. The van der Waals surface area contributed by atoms with Crippen LogP contribution < -0.4 is 0 Å². The van der Waals surface area contributed by atoms with Gasteiger partial charge >= 0.3 is 0 Å². The normalized spacial score (nSPS) is 13.0. The monoisotopic (exact) mass is 232 g/mol. The van der Waals surface area contributed by atoms with Crippen molar-refractivity contribution < 1.29 is 10.4 Å². The summed E-state index contributed by atoms with van der Waals surface area (Å²) in [4.78, 5) is 0. The molecule has 4 nitrogen and oxygen atoms in total. The van der Waals surface area contributed by atoms with Gasteiger partial charge in [-0.3, -0.25) is 0 Å². The Morgan fingerprint density at radius 3 is 1.36 bits per heavy atom. The van der Waals surface area contributed by atoms with Crippen LogP contribution in [0.3, 0.4) is 0 Å². The zero-order valence-electron chi connectivity index (χ0n) is 6.85. The molecular formula is C8H6Cl2N2O2. The highest BCUT2D eigenvalue weighted by molar-refractivity contribution is 6.70. The Labute approximate surface area is 90.1 Å². The number of rotatable bonds is 2. The Morgan fingerprint density at radius 1 is 0.857 bits per heavy atom. The fourth-order valence-electron chi connectivity index (χ4n) is 0.861. The van der Waals surface area contributed by atoms with Gasteiger partial charge in [-0.1, -0.05) is 57.8 Å². The molecule has 0 bridgehead atoms. The van der Waals surface area contributed by atoms with Gasteiger partial charge in [0, 0.05) is 11.1 Å². The van der Waals surface area contributed by atoms with Gasteiger partial charge in [-0.25, -0.2) is 0 Å². The van der Waals surface area contributed by atoms with E-state index in [-0.39, 0.29) is 10.3 Å². The van der Waals surface area contributed by atoms with Gasteiger partial charge < -0.3 is 10.4 Å². The van der Waals surface area contributed by atoms with Crippen molar-refractivity contribution in [3.63, 3.8) is 0 Å². The maximum Gasteiger partial charge on any atom is 0.175 e. The van der Waals surface area contributed by atoms with Crippen LogP contribution in [0, 0.1) is 0 Å². The third-order valence-corrected chi connectivity index (χ3v) is 2.12. The number of halogens is 2. The van der Waals surface area contributed by atoms with Crippen LogP contribution in [0.1, 0.15) is 11.1 Å². The fraction of sp³-hybridized carbons (Fsp3) is 0. The van der Waals surface area contributed by atoms with E-state index < -0.39 is 0 Å². The Balaban J connectivity index is 3.01. The van der Waals surface area contributed by atoms with Gasteiger partial charge in [-0.05, 0) is 0 Å². The molecule has 0 unspecified atom stereocenters. The minimum absolute atomic E-state index is 0.0198. The van der Waals surface area contributed by atoms with Crippen LogP contribution >= 0.6 is 23.2 Å². The predicted molar refractivity (Wildman–Crippen MR) is 54.8 cm³/mol. The van der Waals surface area contributed by atoms with E-state index in [4.69, 9.17) is 33.6 Å². The molecule has 6 heteroatoms. The molecule has 0 fully saturated rings. The Hall–Kier alpha value is -1.26. The lowest BCUT2D eigenvalue weighted by Crippen LogP contribution is -1.94. The van der Waals surface area contributed by atoms with Gasteiger partial charge in [0.1, 0.15) is 0 Å². The van der Waals surface area contributed by atoms with Gasteiger partial charge in [0.05, 0.1) is 0 Å². The second kappa shape index (κ2) is 4.83. The molecule has 0 saturated heterocycles. The van der Waals surface area contributed by atoms with Crippen molar-refractivity contribution in [3.05, 3.63) is 35.4 Å². The molecule has 0 aliphatic rings. The third-order valence-electron chi connectivity index (χ3n) is 1.54. The number of hydrogen-bond acceptors (Lipinski definition) is 4. The zero-order chi connectivity index (χ0) is 10.6. The second-order valence-corrected chi connectivity index (χ2v) is 3.07. The van der Waals surface area contributed by atoms with E-state index in [0.29, 0.717) is 11.1 Å². The molecule has 0 atom stereocenters. The smallest absolute Gasteiger partial charge is 0.175 e. The van der Waals surface area contributed by atoms with E-state index in [1.807, 2.05) is 0 Å². The van der Waals surface area contributed by atoms with Gasteiger partial charge in [-0.15, -0.1) is 0 Å². The van der Waals surface area contributed by atoms with Crippen molar-refractivity contribution in [1.29, 1.82) is 0 Å². The molecule has 2 N–H and O–H groups in total. The SMILES string of the molecule is ON=C(Cl)c1ccc(C(Cl)=NO)cc1. The molecule has 74 valence electrons. The van der Waals surface area contributed by atoms with Gasteiger partial charge in [0.2, 0.25) is 0 Å². The lowest BCUT2D eigenvalue weighted by atomic mass is 10.1. The van der Waals surface area contributed by atoms with Gasteiger partial charge in [-0.2, -0.15) is 0 Å². The lowest BCUT2D eigenvalue weighted by Gasteiger charge is -1.98. The molecule has 1 rings (SSSR count). The van der Waals surface area contributed by atoms with Crippen LogP contribution in [0.5, 0.6) is 0 Å². The number of nitrogens with zero attached hydrogens (tertiary/aromatic N) is 2. The Kier molecular flexibility index (Phi) is 3.73. The van der Waals surface area contributed by atoms with Crippen LogP contribution in [0.4, 0.5) is 0 Å². The molecule has 0 heterocycles. The van der Waals surface area contributed by atoms with Crippen molar-refractivity contribution in [2.24, 2.45) is 10.3 Å². The summed E-state index contributed by atoms with van der Waals surface area (Å²) in [7, 11) is 0. The fourth-order valence-corrected chi connectivity index (χ4v) is 1.11. The second-order valence-electron chi connectivity index (χ2n) is 2.36. The van der Waals surface area contributed by atoms with Crippen molar-refractivity contribution in [2.45, 2.75) is 0 Å². The average molecular weight is 233 g/mol. The summed E-state index contributed by atoms with van der Waals surface area (Å²) in [5.74, 6) is 0. The van der Waals surface area contributed by atoms with E-state index in [0.717, 1.165) is 0 Å². The van der Waals surface area contributed by atoms with Crippen LogP contribution in [-0.4, -0.2) is 20.8 Å². The van der Waals surface area contributed by atoms with Crippen molar-refractivity contribution >= 4 is 33.5 Å². The highest BCUT2D eigenvalue weighted by Gasteiger charge is 2.03. The Morgan fingerprint density at radius 2 is 1.14 bits per heavy atom. The van der Waals surface area contributed by atoms with Crippen molar-refractivity contribution in [3.8, 4) is 0 Å². The van der Waals surface area contributed by atoms with E-state index in [2.05, 4.69) is 10.3 Å². The summed E-state index contributed by atoms with van der Waals surface area (Å²) in [6.07, 6.45) is 0. The summed E-state index contributed by atoms with van der Waals surface area (Å²) in [6, 6.07) is 6.35. The maximum absolute atomic E-state index is 8.38. The Bertz CT molecular complexity index is 336. The van der Waals surface area contributed by atoms with E-state index in [1.165, 1.54) is 0 Å². The molecule has 1 aromatic rings. The molecule has 0 spiro atoms. The van der Waals surface area contributed by atoms with Crippen LogP contribution in [0.25, 0.3) is 0 Å². The van der Waals surface area contributed by atoms with Gasteiger partial charge in [0.25, 0.3) is 0 Å². The van der Waals surface area contributed by atoms with E-state index >= 15 is 0 Å². The number of oxime groups is 2. The summed E-state index contributed by atoms with van der Waals surface area (Å²) in [5.41, 5.74) is 1.08. The molecule has 0 radical (unpaired) electrons. The van der Waals surface area contributed by atoms with Crippen LogP contribution in [0.15, 0.2) is 34.6 Å².